The first-order chi connectivity index (χ1) is 11.9. The van der Waals surface area contributed by atoms with Gasteiger partial charge in [0.05, 0.1) is 0 Å². The van der Waals surface area contributed by atoms with Crippen LogP contribution in [0.3, 0.4) is 0 Å². The van der Waals surface area contributed by atoms with Crippen molar-refractivity contribution in [2.75, 3.05) is 6.61 Å². The molecule has 0 spiro atoms. The Morgan fingerprint density at radius 3 is 2.28 bits per heavy atom. The van der Waals surface area contributed by atoms with Crippen molar-refractivity contribution in [3.8, 4) is 11.5 Å². The van der Waals surface area contributed by atoms with E-state index in [9.17, 15) is 19.8 Å². The van der Waals surface area contributed by atoms with Gasteiger partial charge in [0.25, 0.3) is 0 Å². The van der Waals surface area contributed by atoms with E-state index in [0.29, 0.717) is 5.56 Å². The fourth-order valence-corrected chi connectivity index (χ4v) is 1.96. The molecule has 0 amide bonds. The molecule has 0 atom stereocenters. The van der Waals surface area contributed by atoms with Crippen LogP contribution in [0.25, 0.3) is 12.2 Å². The molecule has 0 saturated carbocycles. The van der Waals surface area contributed by atoms with Gasteiger partial charge < -0.3 is 14.9 Å². The lowest BCUT2D eigenvalue weighted by molar-refractivity contribution is -0.141. The number of rotatable bonds is 6. The van der Waals surface area contributed by atoms with Crippen molar-refractivity contribution >= 4 is 23.9 Å². The highest BCUT2D eigenvalue weighted by Crippen LogP contribution is 2.17. The molecule has 128 valence electrons. The first-order valence-electron chi connectivity index (χ1n) is 7.58. The average molecular weight is 338 g/mol. The highest BCUT2D eigenvalue weighted by molar-refractivity contribution is 5.96. The monoisotopic (exact) mass is 338 g/mol. The highest BCUT2D eigenvalue weighted by Gasteiger charge is 2.02. The van der Waals surface area contributed by atoms with Gasteiger partial charge in [-0.05, 0) is 60.0 Å². The molecular weight excluding hydrogens is 320 g/mol. The first kappa shape index (κ1) is 18.0. The van der Waals surface area contributed by atoms with Crippen LogP contribution in [0.4, 0.5) is 0 Å². The van der Waals surface area contributed by atoms with Crippen LogP contribution >= 0.6 is 0 Å². The van der Waals surface area contributed by atoms with Crippen LogP contribution < -0.4 is 0 Å². The third kappa shape index (κ3) is 5.99. The van der Waals surface area contributed by atoms with Gasteiger partial charge in [0.15, 0.2) is 12.4 Å². The molecule has 25 heavy (non-hydrogen) atoms. The van der Waals surface area contributed by atoms with Gasteiger partial charge in [-0.15, -0.1) is 0 Å². The highest BCUT2D eigenvalue weighted by atomic mass is 16.5. The van der Waals surface area contributed by atoms with E-state index in [1.54, 1.807) is 43.3 Å². The Morgan fingerprint density at radius 1 is 0.960 bits per heavy atom. The van der Waals surface area contributed by atoms with E-state index in [0.717, 1.165) is 11.1 Å². The van der Waals surface area contributed by atoms with Crippen LogP contribution in [-0.2, 0) is 14.3 Å². The molecule has 2 N–H and O–H groups in total. The number of ketones is 1. The fourth-order valence-electron chi connectivity index (χ4n) is 1.96. The number of aromatic hydroxyl groups is 2. The number of carbonyl (C=O) groups excluding carboxylic acids is 2. The van der Waals surface area contributed by atoms with Gasteiger partial charge in [-0.1, -0.05) is 24.3 Å². The molecule has 0 aliphatic rings. The number of hydrogen-bond acceptors (Lipinski definition) is 5. The van der Waals surface area contributed by atoms with Crippen molar-refractivity contribution in [1.82, 2.24) is 0 Å². The second kappa shape index (κ2) is 8.49. The average Bonchev–Trinajstić information content (AvgIpc) is 2.60. The molecule has 0 radical (unpaired) electrons. The number of carbonyl (C=O) groups is 2. The van der Waals surface area contributed by atoms with E-state index in [-0.39, 0.29) is 23.9 Å². The summed E-state index contributed by atoms with van der Waals surface area (Å²) < 4.78 is 4.87. The van der Waals surface area contributed by atoms with Gasteiger partial charge in [-0.25, -0.2) is 4.79 Å². The molecular formula is C20H18O5. The number of aryl methyl sites for hydroxylation is 1. The van der Waals surface area contributed by atoms with Crippen molar-refractivity contribution in [2.24, 2.45) is 0 Å². The summed E-state index contributed by atoms with van der Waals surface area (Å²) in [5, 5.41) is 18.6. The van der Waals surface area contributed by atoms with E-state index >= 15 is 0 Å². The van der Waals surface area contributed by atoms with Gasteiger partial charge >= 0.3 is 5.97 Å². The minimum atomic E-state index is -0.628. The molecule has 0 aromatic heterocycles. The Hall–Kier alpha value is -3.34. The quantitative estimate of drug-likeness (QED) is 0.624. The number of hydrogen-bond donors (Lipinski definition) is 2. The van der Waals surface area contributed by atoms with Gasteiger partial charge in [-0.2, -0.15) is 0 Å². The maximum atomic E-state index is 11.7. The van der Waals surface area contributed by atoms with Crippen molar-refractivity contribution in [1.29, 1.82) is 0 Å². The minimum absolute atomic E-state index is 0.146. The summed E-state index contributed by atoms with van der Waals surface area (Å²) in [5.74, 6) is -0.647. The third-order valence-electron chi connectivity index (χ3n) is 3.34. The van der Waals surface area contributed by atoms with E-state index in [2.05, 4.69) is 0 Å². The van der Waals surface area contributed by atoms with E-state index < -0.39 is 5.97 Å². The molecule has 0 aliphatic carbocycles. The minimum Gasteiger partial charge on any atom is -0.508 e. The Balaban J connectivity index is 1.82. The summed E-state index contributed by atoms with van der Waals surface area (Å²) in [6.45, 7) is 1.40. The van der Waals surface area contributed by atoms with Crippen molar-refractivity contribution < 1.29 is 24.5 Å². The lowest BCUT2D eigenvalue weighted by Crippen LogP contribution is -2.09. The van der Waals surface area contributed by atoms with Crippen LogP contribution in [0.1, 0.15) is 16.7 Å². The van der Waals surface area contributed by atoms with Crippen LogP contribution in [-0.4, -0.2) is 28.6 Å². The smallest absolute Gasteiger partial charge is 0.331 e. The predicted molar refractivity (Wildman–Crippen MR) is 95.0 cm³/mol. The Morgan fingerprint density at radius 2 is 1.60 bits per heavy atom. The van der Waals surface area contributed by atoms with E-state index in [4.69, 9.17) is 4.74 Å². The summed E-state index contributed by atoms with van der Waals surface area (Å²) in [4.78, 5) is 23.3. The van der Waals surface area contributed by atoms with Gasteiger partial charge in [0.1, 0.15) is 11.5 Å². The molecule has 2 aromatic rings. The fraction of sp³-hybridized carbons (Fsp3) is 0.100. The molecule has 0 fully saturated rings. The second-order valence-electron chi connectivity index (χ2n) is 5.38. The van der Waals surface area contributed by atoms with E-state index in [1.165, 1.54) is 30.4 Å². The summed E-state index contributed by atoms with van der Waals surface area (Å²) in [6, 6.07) is 11.3. The number of esters is 1. The zero-order chi connectivity index (χ0) is 18.2. The zero-order valence-electron chi connectivity index (χ0n) is 13.7. The number of benzene rings is 2. The molecule has 0 heterocycles. The van der Waals surface area contributed by atoms with Gasteiger partial charge in [0, 0.05) is 6.08 Å². The molecule has 5 heteroatoms. The Kier molecular flexibility index (Phi) is 6.12. The maximum absolute atomic E-state index is 11.7. The summed E-state index contributed by atoms with van der Waals surface area (Å²) in [7, 11) is 0. The largest absolute Gasteiger partial charge is 0.508 e. The van der Waals surface area contributed by atoms with Crippen molar-refractivity contribution in [2.45, 2.75) is 6.92 Å². The Bertz CT molecular complexity index is 816. The van der Waals surface area contributed by atoms with Crippen LogP contribution in [0.15, 0.2) is 54.6 Å². The zero-order valence-corrected chi connectivity index (χ0v) is 13.7. The molecule has 2 rings (SSSR count). The van der Waals surface area contributed by atoms with Crippen LogP contribution in [0, 0.1) is 6.92 Å². The molecule has 0 aliphatic heterocycles. The second-order valence-corrected chi connectivity index (χ2v) is 5.38. The number of ether oxygens (including phenoxy) is 1. The van der Waals surface area contributed by atoms with E-state index in [1.807, 2.05) is 0 Å². The molecule has 0 bridgehead atoms. The van der Waals surface area contributed by atoms with Gasteiger partial charge in [-0.3, -0.25) is 4.79 Å². The maximum Gasteiger partial charge on any atom is 0.331 e. The molecule has 5 nitrogen and oxygen atoms in total. The van der Waals surface area contributed by atoms with Crippen LogP contribution in [0.2, 0.25) is 0 Å². The summed E-state index contributed by atoms with van der Waals surface area (Å²) >= 11 is 0. The predicted octanol–water partition coefficient (Wildman–Crippen LogP) is 3.25. The Labute approximate surface area is 145 Å². The lowest BCUT2D eigenvalue weighted by Gasteiger charge is -2.00. The number of phenols is 2. The summed E-state index contributed by atoms with van der Waals surface area (Å²) in [6.07, 6.45) is 5.66. The SMILES string of the molecule is Cc1cc(/C=C/C(=O)OCC(=O)/C=C/c2ccc(O)cc2)ccc1O. The van der Waals surface area contributed by atoms with Crippen molar-refractivity contribution in [3.63, 3.8) is 0 Å². The lowest BCUT2D eigenvalue weighted by atomic mass is 10.1. The molecule has 0 unspecified atom stereocenters. The topological polar surface area (TPSA) is 83.8 Å². The normalized spacial score (nSPS) is 11.1. The molecule has 2 aromatic carbocycles. The van der Waals surface area contributed by atoms with Crippen molar-refractivity contribution in [3.05, 3.63) is 71.3 Å². The van der Waals surface area contributed by atoms with Gasteiger partial charge in [0.2, 0.25) is 0 Å². The summed E-state index contributed by atoms with van der Waals surface area (Å²) in [5.41, 5.74) is 2.19. The molecule has 0 saturated heterocycles. The van der Waals surface area contributed by atoms with Crippen LogP contribution in [0.5, 0.6) is 11.5 Å². The standard InChI is InChI=1S/C20H18O5/c1-14-12-16(5-10-19(14)23)6-11-20(24)25-13-18(22)9-4-15-2-7-17(21)8-3-15/h2-12,21,23H,13H2,1H3/b9-4+,11-6+. The first-order valence-corrected chi connectivity index (χ1v) is 7.58. The number of phenolic OH excluding ortho intramolecular Hbond substituents is 2. The third-order valence-corrected chi connectivity index (χ3v) is 3.34.